The number of hydrogen-bond donors (Lipinski definition) is 1. The summed E-state index contributed by atoms with van der Waals surface area (Å²) in [6.07, 6.45) is 3.15. The first-order valence-electron chi connectivity index (χ1n) is 6.45. The summed E-state index contributed by atoms with van der Waals surface area (Å²) in [6, 6.07) is 0. The molecule has 0 spiro atoms. The van der Waals surface area contributed by atoms with E-state index in [0.29, 0.717) is 6.10 Å². The van der Waals surface area contributed by atoms with Crippen LogP contribution < -0.4 is 5.32 Å². The van der Waals surface area contributed by atoms with Gasteiger partial charge in [0, 0.05) is 26.2 Å². The summed E-state index contributed by atoms with van der Waals surface area (Å²) in [7, 11) is 0. The molecule has 0 aromatic carbocycles. The first kappa shape index (κ1) is 13.1. The number of hydrogen-bond acceptors (Lipinski definition) is 3. The van der Waals surface area contributed by atoms with Crippen LogP contribution in [0.25, 0.3) is 0 Å². The summed E-state index contributed by atoms with van der Waals surface area (Å²) in [6.45, 7) is 7.66. The van der Waals surface area contributed by atoms with Crippen LogP contribution in [0, 0.1) is 0 Å². The fourth-order valence-corrected chi connectivity index (χ4v) is 2.69. The van der Waals surface area contributed by atoms with Crippen molar-refractivity contribution in [3.8, 4) is 0 Å². The molecular weight excluding hydrogens is 236 g/mol. The summed E-state index contributed by atoms with van der Waals surface area (Å²) in [5.41, 5.74) is 0. The number of thiocarbonyl (C=S) groups is 1. The van der Waals surface area contributed by atoms with Gasteiger partial charge in [-0.05, 0) is 38.9 Å². The molecule has 2 rings (SSSR count). The van der Waals surface area contributed by atoms with E-state index in [1.165, 1.54) is 6.42 Å². The van der Waals surface area contributed by atoms with Crippen molar-refractivity contribution in [3.63, 3.8) is 0 Å². The molecule has 2 heterocycles. The lowest BCUT2D eigenvalue weighted by atomic mass is 10.2. The molecule has 1 N–H and O–H groups in total. The molecule has 0 radical (unpaired) electrons. The van der Waals surface area contributed by atoms with E-state index in [9.17, 15) is 0 Å². The number of nitrogens with one attached hydrogen (secondary N) is 1. The van der Waals surface area contributed by atoms with Crippen LogP contribution in [0.5, 0.6) is 0 Å². The second-order valence-corrected chi connectivity index (χ2v) is 5.37. The number of nitrogens with zero attached hydrogens (tertiary/aromatic N) is 1. The molecule has 5 heteroatoms. The van der Waals surface area contributed by atoms with Gasteiger partial charge in [-0.3, -0.25) is 0 Å². The average molecular weight is 258 g/mol. The quantitative estimate of drug-likeness (QED) is 0.752. The molecule has 0 unspecified atom stereocenters. The molecule has 0 aromatic heterocycles. The van der Waals surface area contributed by atoms with Gasteiger partial charge < -0.3 is 19.7 Å². The van der Waals surface area contributed by atoms with Gasteiger partial charge in [-0.15, -0.1) is 0 Å². The SMILES string of the molecule is C[C@@H]1CN(C(=S)NC[C@H]2CCCO2)C[C@@H](C)O1. The van der Waals surface area contributed by atoms with E-state index in [2.05, 4.69) is 24.1 Å². The molecule has 2 saturated heterocycles. The monoisotopic (exact) mass is 258 g/mol. The van der Waals surface area contributed by atoms with Crippen LogP contribution in [0.3, 0.4) is 0 Å². The standard InChI is InChI=1S/C12H22N2O2S/c1-9-7-14(8-10(2)16-9)12(17)13-6-11-4-3-5-15-11/h9-11H,3-8H2,1-2H3,(H,13,17)/t9-,10-,11-/m1/s1. The average Bonchev–Trinajstić information content (AvgIpc) is 2.77. The van der Waals surface area contributed by atoms with Crippen LogP contribution in [0.2, 0.25) is 0 Å². The summed E-state index contributed by atoms with van der Waals surface area (Å²) < 4.78 is 11.3. The maximum atomic E-state index is 5.69. The van der Waals surface area contributed by atoms with Crippen molar-refractivity contribution in [2.75, 3.05) is 26.2 Å². The largest absolute Gasteiger partial charge is 0.376 e. The molecule has 3 atom stereocenters. The van der Waals surface area contributed by atoms with Gasteiger partial charge in [0.05, 0.1) is 18.3 Å². The Kier molecular flexibility index (Phi) is 4.59. The third-order valence-corrected chi connectivity index (χ3v) is 3.61. The molecule has 0 aromatic rings. The van der Waals surface area contributed by atoms with E-state index in [1.807, 2.05) is 0 Å². The van der Waals surface area contributed by atoms with Crippen molar-refractivity contribution in [2.45, 2.75) is 45.0 Å². The second-order valence-electron chi connectivity index (χ2n) is 4.98. The molecule has 0 saturated carbocycles. The lowest BCUT2D eigenvalue weighted by molar-refractivity contribution is -0.0483. The lowest BCUT2D eigenvalue weighted by Crippen LogP contribution is -2.52. The Hall–Kier alpha value is -0.390. The Labute approximate surface area is 109 Å². The summed E-state index contributed by atoms with van der Waals surface area (Å²) in [5.74, 6) is 0. The second kappa shape index (κ2) is 5.98. The molecule has 17 heavy (non-hydrogen) atoms. The topological polar surface area (TPSA) is 33.7 Å². The fraction of sp³-hybridized carbons (Fsp3) is 0.917. The lowest BCUT2D eigenvalue weighted by Gasteiger charge is -2.37. The van der Waals surface area contributed by atoms with Crippen molar-refractivity contribution in [2.24, 2.45) is 0 Å². The predicted octanol–water partition coefficient (Wildman–Crippen LogP) is 1.15. The van der Waals surface area contributed by atoms with E-state index < -0.39 is 0 Å². The Morgan fingerprint density at radius 1 is 1.35 bits per heavy atom. The van der Waals surface area contributed by atoms with Crippen molar-refractivity contribution in [1.29, 1.82) is 0 Å². The zero-order chi connectivity index (χ0) is 12.3. The van der Waals surface area contributed by atoms with Gasteiger partial charge in [-0.1, -0.05) is 0 Å². The van der Waals surface area contributed by atoms with E-state index in [1.54, 1.807) is 0 Å². The van der Waals surface area contributed by atoms with E-state index in [4.69, 9.17) is 21.7 Å². The molecule has 0 aliphatic carbocycles. The molecule has 4 nitrogen and oxygen atoms in total. The Morgan fingerprint density at radius 3 is 2.65 bits per heavy atom. The van der Waals surface area contributed by atoms with Gasteiger partial charge in [-0.25, -0.2) is 0 Å². The Balaban J connectivity index is 1.74. The van der Waals surface area contributed by atoms with Crippen molar-refractivity contribution < 1.29 is 9.47 Å². The highest BCUT2D eigenvalue weighted by molar-refractivity contribution is 7.80. The molecule has 0 amide bonds. The Morgan fingerprint density at radius 2 is 2.06 bits per heavy atom. The maximum Gasteiger partial charge on any atom is 0.169 e. The van der Waals surface area contributed by atoms with Gasteiger partial charge in [0.1, 0.15) is 0 Å². The van der Waals surface area contributed by atoms with E-state index >= 15 is 0 Å². The van der Waals surface area contributed by atoms with Crippen LogP contribution in [-0.4, -0.2) is 54.6 Å². The van der Waals surface area contributed by atoms with Crippen LogP contribution in [0.4, 0.5) is 0 Å². The first-order valence-corrected chi connectivity index (χ1v) is 6.86. The van der Waals surface area contributed by atoms with E-state index in [-0.39, 0.29) is 12.2 Å². The molecule has 98 valence electrons. The number of rotatable bonds is 2. The van der Waals surface area contributed by atoms with Crippen LogP contribution in [0.1, 0.15) is 26.7 Å². The van der Waals surface area contributed by atoms with E-state index in [0.717, 1.165) is 37.8 Å². The van der Waals surface area contributed by atoms with Crippen LogP contribution in [0.15, 0.2) is 0 Å². The number of morpholine rings is 1. The molecule has 2 fully saturated rings. The van der Waals surface area contributed by atoms with Crippen LogP contribution in [-0.2, 0) is 9.47 Å². The number of ether oxygens (including phenoxy) is 2. The minimum Gasteiger partial charge on any atom is -0.376 e. The third kappa shape index (κ3) is 3.79. The fourth-order valence-electron chi connectivity index (χ4n) is 2.46. The first-order chi connectivity index (χ1) is 8.15. The molecule has 2 aliphatic rings. The van der Waals surface area contributed by atoms with Crippen molar-refractivity contribution in [3.05, 3.63) is 0 Å². The van der Waals surface area contributed by atoms with Gasteiger partial charge >= 0.3 is 0 Å². The predicted molar refractivity (Wildman–Crippen MR) is 71.2 cm³/mol. The summed E-state index contributed by atoms with van der Waals surface area (Å²) in [5, 5.41) is 4.15. The zero-order valence-electron chi connectivity index (χ0n) is 10.6. The minimum absolute atomic E-state index is 0.251. The smallest absolute Gasteiger partial charge is 0.169 e. The van der Waals surface area contributed by atoms with Crippen LogP contribution >= 0.6 is 12.2 Å². The highest BCUT2D eigenvalue weighted by atomic mass is 32.1. The van der Waals surface area contributed by atoms with Crippen molar-refractivity contribution >= 4 is 17.3 Å². The summed E-state index contributed by atoms with van der Waals surface area (Å²) in [4.78, 5) is 2.20. The maximum absolute atomic E-state index is 5.69. The molecule has 2 aliphatic heterocycles. The molecular formula is C12H22N2O2S. The third-order valence-electron chi connectivity index (χ3n) is 3.21. The minimum atomic E-state index is 0.251. The zero-order valence-corrected chi connectivity index (χ0v) is 11.5. The highest BCUT2D eigenvalue weighted by Gasteiger charge is 2.24. The van der Waals surface area contributed by atoms with Gasteiger partial charge in [-0.2, -0.15) is 0 Å². The molecule has 0 bridgehead atoms. The highest BCUT2D eigenvalue weighted by Crippen LogP contribution is 2.12. The van der Waals surface area contributed by atoms with Crippen molar-refractivity contribution in [1.82, 2.24) is 10.2 Å². The Bertz CT molecular complexity index is 259. The van der Waals surface area contributed by atoms with Gasteiger partial charge in [0.15, 0.2) is 5.11 Å². The van der Waals surface area contributed by atoms with Gasteiger partial charge in [0.25, 0.3) is 0 Å². The van der Waals surface area contributed by atoms with Gasteiger partial charge in [0.2, 0.25) is 0 Å². The normalized spacial score (nSPS) is 33.8. The summed E-state index contributed by atoms with van der Waals surface area (Å²) >= 11 is 5.42.